The predicted molar refractivity (Wildman–Crippen MR) is 153 cm³/mol. The number of carbonyl (C=O) groups is 2. The Balaban J connectivity index is 1.33. The first-order valence-electron chi connectivity index (χ1n) is 13.3. The summed E-state index contributed by atoms with van der Waals surface area (Å²) in [6, 6.07) is 21.3. The fourth-order valence-electron chi connectivity index (χ4n) is 5.16. The summed E-state index contributed by atoms with van der Waals surface area (Å²) >= 11 is 0. The second kappa shape index (κ2) is 10.8. The predicted octanol–water partition coefficient (Wildman–Crippen LogP) is 5.33. The first-order valence-corrected chi connectivity index (χ1v) is 13.3. The van der Waals surface area contributed by atoms with Gasteiger partial charge in [0.15, 0.2) is 11.5 Å². The van der Waals surface area contributed by atoms with Gasteiger partial charge in [-0.1, -0.05) is 24.3 Å². The van der Waals surface area contributed by atoms with E-state index in [1.54, 1.807) is 36.1 Å². The molecule has 1 fully saturated rings. The molecule has 206 valence electrons. The molecule has 0 aliphatic carbocycles. The van der Waals surface area contributed by atoms with E-state index in [1.165, 1.54) is 18.4 Å². The van der Waals surface area contributed by atoms with Gasteiger partial charge in [0.25, 0.3) is 11.6 Å². The van der Waals surface area contributed by atoms with Crippen molar-refractivity contribution < 1.29 is 18.9 Å². The Kier molecular flexibility index (Phi) is 6.90. The van der Waals surface area contributed by atoms with E-state index >= 15 is 0 Å². The van der Waals surface area contributed by atoms with Gasteiger partial charge in [0.05, 0.1) is 22.6 Å². The van der Waals surface area contributed by atoms with Gasteiger partial charge in [-0.2, -0.15) is 0 Å². The molecule has 0 bridgehead atoms. The minimum atomic E-state index is -0.415. The lowest BCUT2D eigenvalue weighted by atomic mass is 10.0. The van der Waals surface area contributed by atoms with Crippen LogP contribution in [0.25, 0.3) is 28.0 Å². The number of carbonyl (C=O) groups excluding carboxylic acids is 2. The van der Waals surface area contributed by atoms with Crippen LogP contribution in [0.15, 0.2) is 89.7 Å². The first-order chi connectivity index (χ1) is 19.9. The average molecular weight is 550 g/mol. The smallest absolute Gasteiger partial charge is 0.289 e. The molecule has 0 N–H and O–H groups in total. The Morgan fingerprint density at radius 2 is 1.59 bits per heavy atom. The van der Waals surface area contributed by atoms with E-state index in [1.807, 2.05) is 42.6 Å². The average Bonchev–Trinajstić information content (AvgIpc) is 3.66. The molecule has 1 saturated heterocycles. The van der Waals surface area contributed by atoms with Crippen LogP contribution < -0.4 is 0 Å². The number of Topliss-reactive ketones (excluding diaryl/α,β-unsaturated/α-hetero) is 1. The molecule has 1 amide bonds. The monoisotopic (exact) mass is 549 g/mol. The topological polar surface area (TPSA) is 114 Å². The van der Waals surface area contributed by atoms with Crippen molar-refractivity contribution in [2.75, 3.05) is 26.2 Å². The number of hydrogen-bond acceptors (Lipinski definition) is 7. The number of nitrogens with zero attached hydrogens (tertiary/aromatic N) is 5. The van der Waals surface area contributed by atoms with Crippen molar-refractivity contribution in [2.45, 2.75) is 13.5 Å². The van der Waals surface area contributed by atoms with E-state index in [4.69, 9.17) is 9.40 Å². The number of aromatic nitrogens is 2. The summed E-state index contributed by atoms with van der Waals surface area (Å²) in [7, 11) is 0. The number of nitro benzene ring substituents is 1. The van der Waals surface area contributed by atoms with E-state index in [0.29, 0.717) is 44.0 Å². The number of nitro groups is 1. The van der Waals surface area contributed by atoms with Gasteiger partial charge >= 0.3 is 0 Å². The Bertz CT molecular complexity index is 1730. The maximum atomic E-state index is 12.7. The zero-order chi connectivity index (χ0) is 28.5. The third kappa shape index (κ3) is 5.24. The molecule has 0 radical (unpaired) electrons. The van der Waals surface area contributed by atoms with Crippen molar-refractivity contribution in [3.8, 4) is 22.4 Å². The molecule has 10 heteroatoms. The minimum absolute atomic E-state index is 0.0163. The first kappa shape index (κ1) is 26.1. The molecule has 41 heavy (non-hydrogen) atoms. The summed E-state index contributed by atoms with van der Waals surface area (Å²) in [6.07, 6.45) is 3.53. The SMILES string of the molecule is CC(=O)c1ccc(-c2ccc3nc(-c4ccc([N+](=O)[O-])cc4)c(CN4CCN(C(=O)c5ccco5)CC4)n3c2)cc1. The van der Waals surface area contributed by atoms with Gasteiger partial charge in [-0.05, 0) is 54.4 Å². The van der Waals surface area contributed by atoms with Gasteiger partial charge in [0.1, 0.15) is 5.65 Å². The highest BCUT2D eigenvalue weighted by Crippen LogP contribution is 2.30. The molecule has 4 heterocycles. The molecule has 6 rings (SSSR count). The summed E-state index contributed by atoms with van der Waals surface area (Å²) in [5.41, 5.74) is 5.85. The van der Waals surface area contributed by atoms with Crippen molar-refractivity contribution >= 4 is 23.0 Å². The van der Waals surface area contributed by atoms with Crippen LogP contribution in [0.3, 0.4) is 0 Å². The van der Waals surface area contributed by atoms with Gasteiger partial charge in [-0.15, -0.1) is 0 Å². The third-order valence-electron chi connectivity index (χ3n) is 7.46. The second-order valence-electron chi connectivity index (χ2n) is 10.0. The van der Waals surface area contributed by atoms with E-state index in [9.17, 15) is 19.7 Å². The minimum Gasteiger partial charge on any atom is -0.459 e. The van der Waals surface area contributed by atoms with E-state index in [2.05, 4.69) is 9.30 Å². The molecule has 2 aromatic carbocycles. The van der Waals surface area contributed by atoms with Crippen LogP contribution >= 0.6 is 0 Å². The molecule has 0 saturated carbocycles. The van der Waals surface area contributed by atoms with E-state index in [-0.39, 0.29) is 17.4 Å². The number of furan rings is 1. The number of amides is 1. The number of rotatable bonds is 7. The lowest BCUT2D eigenvalue weighted by Gasteiger charge is -2.34. The molecule has 5 aromatic rings. The van der Waals surface area contributed by atoms with Crippen molar-refractivity contribution in [1.82, 2.24) is 19.2 Å². The normalized spacial score (nSPS) is 13.9. The van der Waals surface area contributed by atoms with Crippen LogP contribution in [0.5, 0.6) is 0 Å². The Hall–Kier alpha value is -5.09. The second-order valence-corrected chi connectivity index (χ2v) is 10.0. The van der Waals surface area contributed by atoms with Crippen LogP contribution in [0.1, 0.15) is 33.5 Å². The summed E-state index contributed by atoms with van der Waals surface area (Å²) in [5.74, 6) is 0.239. The molecule has 1 aliphatic heterocycles. The fourth-order valence-corrected chi connectivity index (χ4v) is 5.16. The number of piperazine rings is 1. The highest BCUT2D eigenvalue weighted by atomic mass is 16.6. The van der Waals surface area contributed by atoms with Crippen LogP contribution in [0, 0.1) is 10.1 Å². The molecular formula is C31H27N5O5. The number of hydrogen-bond donors (Lipinski definition) is 0. The fraction of sp³-hybridized carbons (Fsp3) is 0.194. The van der Waals surface area contributed by atoms with Gasteiger partial charge in [0, 0.05) is 62.2 Å². The Labute approximate surface area is 235 Å². The number of imidazole rings is 1. The standard InChI is InChI=1S/C31H27N5O5/c1-21(37)22-4-6-23(7-5-22)25-10-13-29-32-30(24-8-11-26(12-9-24)36(39)40)27(35(29)19-25)20-33-14-16-34(17-15-33)31(38)28-3-2-18-41-28/h2-13,18-19H,14-17,20H2,1H3. The number of non-ortho nitro benzene ring substituents is 1. The summed E-state index contributed by atoms with van der Waals surface area (Å²) in [5, 5.41) is 11.2. The molecule has 3 aromatic heterocycles. The van der Waals surface area contributed by atoms with Crippen LogP contribution in [-0.2, 0) is 6.54 Å². The quantitative estimate of drug-likeness (QED) is 0.153. The van der Waals surface area contributed by atoms with Gasteiger partial charge < -0.3 is 13.7 Å². The maximum absolute atomic E-state index is 12.7. The lowest BCUT2D eigenvalue weighted by Crippen LogP contribution is -2.48. The number of fused-ring (bicyclic) bond motifs is 1. The Morgan fingerprint density at radius 1 is 0.902 bits per heavy atom. The summed E-state index contributed by atoms with van der Waals surface area (Å²) < 4.78 is 7.35. The van der Waals surface area contributed by atoms with Gasteiger partial charge in [-0.3, -0.25) is 24.6 Å². The molecule has 1 aliphatic rings. The zero-order valence-corrected chi connectivity index (χ0v) is 22.4. The molecule has 0 unspecified atom stereocenters. The highest BCUT2D eigenvalue weighted by molar-refractivity contribution is 5.94. The number of benzene rings is 2. The van der Waals surface area contributed by atoms with Gasteiger partial charge in [-0.25, -0.2) is 4.98 Å². The number of pyridine rings is 1. The largest absolute Gasteiger partial charge is 0.459 e. The van der Waals surface area contributed by atoms with Crippen molar-refractivity contribution in [3.05, 3.63) is 112 Å². The molecule has 0 atom stereocenters. The lowest BCUT2D eigenvalue weighted by molar-refractivity contribution is -0.384. The summed E-state index contributed by atoms with van der Waals surface area (Å²) in [4.78, 5) is 44.3. The van der Waals surface area contributed by atoms with Gasteiger partial charge in [0.2, 0.25) is 0 Å². The molecular weight excluding hydrogens is 522 g/mol. The van der Waals surface area contributed by atoms with E-state index < -0.39 is 4.92 Å². The van der Waals surface area contributed by atoms with Crippen LogP contribution in [0.4, 0.5) is 5.69 Å². The van der Waals surface area contributed by atoms with Crippen molar-refractivity contribution in [1.29, 1.82) is 0 Å². The third-order valence-corrected chi connectivity index (χ3v) is 7.46. The van der Waals surface area contributed by atoms with Crippen LogP contribution in [0.2, 0.25) is 0 Å². The highest BCUT2D eigenvalue weighted by Gasteiger charge is 2.26. The number of ketones is 1. The molecule has 0 spiro atoms. The van der Waals surface area contributed by atoms with Crippen molar-refractivity contribution in [2.24, 2.45) is 0 Å². The maximum Gasteiger partial charge on any atom is 0.289 e. The van der Waals surface area contributed by atoms with Crippen molar-refractivity contribution in [3.63, 3.8) is 0 Å². The Morgan fingerprint density at radius 3 is 2.22 bits per heavy atom. The van der Waals surface area contributed by atoms with E-state index in [0.717, 1.165) is 33.7 Å². The zero-order valence-electron chi connectivity index (χ0n) is 22.4. The summed E-state index contributed by atoms with van der Waals surface area (Å²) in [6.45, 7) is 4.60. The van der Waals surface area contributed by atoms with Crippen LogP contribution in [-0.4, -0.2) is 62.0 Å². The molecule has 10 nitrogen and oxygen atoms in total.